The molecule has 0 aliphatic carbocycles. The van der Waals surface area contributed by atoms with Gasteiger partial charge in [0.05, 0.1) is 17.7 Å². The van der Waals surface area contributed by atoms with Gasteiger partial charge in [0.25, 0.3) is 5.91 Å². The molecule has 6 nitrogen and oxygen atoms in total. The van der Waals surface area contributed by atoms with E-state index >= 15 is 0 Å². The van der Waals surface area contributed by atoms with Crippen LogP contribution in [0.15, 0.2) is 48.5 Å². The number of ether oxygens (including phenoxy) is 3. The number of rotatable bonds is 8. The minimum atomic E-state index is -0.0972. The van der Waals surface area contributed by atoms with Gasteiger partial charge in [0, 0.05) is 25.3 Å². The molecule has 0 unspecified atom stereocenters. The summed E-state index contributed by atoms with van der Waals surface area (Å²) >= 11 is 1.49. The Morgan fingerprint density at radius 2 is 1.72 bits per heavy atom. The number of nitrogens with zero attached hydrogens (tertiary/aromatic N) is 1. The van der Waals surface area contributed by atoms with Crippen LogP contribution in [0.2, 0.25) is 0 Å². The fourth-order valence-electron chi connectivity index (χ4n) is 3.73. The van der Waals surface area contributed by atoms with Gasteiger partial charge in [-0.1, -0.05) is 0 Å². The smallest absolute Gasteiger partial charge is 0.257 e. The Balaban J connectivity index is 1.33. The standard InChI is InChI=1S/C25H28N2O4S/c1-17-24(27-32-25(17)20-5-7-21(29-2)8-6-20)19-3-9-22(10-4-19)31-16-23(28)26-15-18-11-13-30-14-12-18/h3-10,18H,11-16H2,1-2H3,(H,26,28). The third-order valence-electron chi connectivity index (χ3n) is 5.70. The van der Waals surface area contributed by atoms with Crippen molar-refractivity contribution in [2.75, 3.05) is 33.5 Å². The molecule has 32 heavy (non-hydrogen) atoms. The van der Waals surface area contributed by atoms with E-state index in [1.165, 1.54) is 11.5 Å². The molecule has 1 amide bonds. The summed E-state index contributed by atoms with van der Waals surface area (Å²) in [7, 11) is 1.66. The van der Waals surface area contributed by atoms with Gasteiger partial charge in [-0.05, 0) is 96.9 Å². The number of hydrogen-bond acceptors (Lipinski definition) is 6. The molecule has 0 saturated carbocycles. The van der Waals surface area contributed by atoms with Crippen LogP contribution in [-0.2, 0) is 9.53 Å². The van der Waals surface area contributed by atoms with Crippen LogP contribution in [0.4, 0.5) is 0 Å². The molecule has 0 radical (unpaired) electrons. The highest BCUT2D eigenvalue weighted by molar-refractivity contribution is 7.10. The lowest BCUT2D eigenvalue weighted by atomic mass is 10.0. The zero-order chi connectivity index (χ0) is 22.3. The Labute approximate surface area is 192 Å². The summed E-state index contributed by atoms with van der Waals surface area (Å²) in [6.45, 7) is 4.35. The maximum atomic E-state index is 12.1. The van der Waals surface area contributed by atoms with Crippen molar-refractivity contribution in [2.24, 2.45) is 5.92 Å². The molecule has 1 N–H and O–H groups in total. The molecule has 0 bridgehead atoms. The summed E-state index contributed by atoms with van der Waals surface area (Å²) < 4.78 is 20.9. The predicted molar refractivity (Wildman–Crippen MR) is 126 cm³/mol. The molecule has 3 aromatic rings. The molecular formula is C25H28N2O4S. The predicted octanol–water partition coefficient (Wildman–Crippen LogP) is 4.72. The van der Waals surface area contributed by atoms with Crippen molar-refractivity contribution in [1.29, 1.82) is 0 Å². The highest BCUT2D eigenvalue weighted by atomic mass is 32.1. The van der Waals surface area contributed by atoms with E-state index in [1.807, 2.05) is 48.5 Å². The summed E-state index contributed by atoms with van der Waals surface area (Å²) in [4.78, 5) is 13.2. The van der Waals surface area contributed by atoms with Crippen molar-refractivity contribution in [1.82, 2.24) is 9.69 Å². The van der Waals surface area contributed by atoms with E-state index in [1.54, 1.807) is 7.11 Å². The summed E-state index contributed by atoms with van der Waals surface area (Å²) in [5, 5.41) is 2.96. The molecule has 1 aliphatic heterocycles. The zero-order valence-corrected chi connectivity index (χ0v) is 19.2. The summed E-state index contributed by atoms with van der Waals surface area (Å²) in [6.07, 6.45) is 2.00. The van der Waals surface area contributed by atoms with Gasteiger partial charge in [-0.25, -0.2) is 0 Å². The lowest BCUT2D eigenvalue weighted by Gasteiger charge is -2.22. The van der Waals surface area contributed by atoms with Gasteiger partial charge < -0.3 is 19.5 Å². The second-order valence-electron chi connectivity index (χ2n) is 7.89. The first kappa shape index (κ1) is 22.3. The molecule has 2 aromatic carbocycles. The van der Waals surface area contributed by atoms with E-state index in [0.717, 1.165) is 59.1 Å². The number of methoxy groups -OCH3 is 1. The zero-order valence-electron chi connectivity index (χ0n) is 18.4. The van der Waals surface area contributed by atoms with Crippen LogP contribution in [0.25, 0.3) is 21.7 Å². The quantitative estimate of drug-likeness (QED) is 0.536. The molecule has 1 fully saturated rings. The molecule has 7 heteroatoms. The highest BCUT2D eigenvalue weighted by Crippen LogP contribution is 2.36. The van der Waals surface area contributed by atoms with Gasteiger partial charge in [-0.15, -0.1) is 0 Å². The van der Waals surface area contributed by atoms with Crippen molar-refractivity contribution in [3.05, 3.63) is 54.1 Å². The molecule has 0 spiro atoms. The first-order valence-electron chi connectivity index (χ1n) is 10.8. The van der Waals surface area contributed by atoms with Gasteiger partial charge >= 0.3 is 0 Å². The Morgan fingerprint density at radius 1 is 1.06 bits per heavy atom. The van der Waals surface area contributed by atoms with E-state index < -0.39 is 0 Å². The largest absolute Gasteiger partial charge is 0.497 e. The SMILES string of the molecule is COc1ccc(-c2snc(-c3ccc(OCC(=O)NCC4CCOCC4)cc3)c2C)cc1. The van der Waals surface area contributed by atoms with Crippen LogP contribution >= 0.6 is 11.5 Å². The monoisotopic (exact) mass is 452 g/mol. The van der Waals surface area contributed by atoms with Crippen LogP contribution in [0, 0.1) is 12.8 Å². The second kappa shape index (κ2) is 10.6. The maximum absolute atomic E-state index is 12.1. The first-order valence-corrected chi connectivity index (χ1v) is 11.6. The van der Waals surface area contributed by atoms with Crippen molar-refractivity contribution in [3.63, 3.8) is 0 Å². The van der Waals surface area contributed by atoms with Gasteiger partial charge in [-0.3, -0.25) is 4.79 Å². The van der Waals surface area contributed by atoms with Crippen molar-refractivity contribution < 1.29 is 19.0 Å². The van der Waals surface area contributed by atoms with E-state index in [2.05, 4.69) is 16.6 Å². The van der Waals surface area contributed by atoms with Gasteiger partial charge in [0.2, 0.25) is 0 Å². The fraction of sp³-hybridized carbons (Fsp3) is 0.360. The average molecular weight is 453 g/mol. The highest BCUT2D eigenvalue weighted by Gasteiger charge is 2.15. The topological polar surface area (TPSA) is 69.7 Å². The number of carbonyl (C=O) groups excluding carboxylic acids is 1. The number of nitrogens with one attached hydrogen (secondary N) is 1. The van der Waals surface area contributed by atoms with Crippen LogP contribution < -0.4 is 14.8 Å². The van der Waals surface area contributed by atoms with Gasteiger partial charge in [0.15, 0.2) is 6.61 Å². The van der Waals surface area contributed by atoms with Crippen LogP contribution in [-0.4, -0.2) is 43.8 Å². The van der Waals surface area contributed by atoms with Gasteiger partial charge in [-0.2, -0.15) is 4.37 Å². The Kier molecular flexibility index (Phi) is 7.39. The minimum Gasteiger partial charge on any atom is -0.497 e. The van der Waals surface area contributed by atoms with E-state index in [-0.39, 0.29) is 12.5 Å². The van der Waals surface area contributed by atoms with Crippen LogP contribution in [0.3, 0.4) is 0 Å². The normalized spacial score (nSPS) is 14.2. The summed E-state index contributed by atoms with van der Waals surface area (Å²) in [6, 6.07) is 15.7. The molecule has 1 aliphatic rings. The van der Waals surface area contributed by atoms with E-state index in [9.17, 15) is 4.79 Å². The summed E-state index contributed by atoms with van der Waals surface area (Å²) in [5.74, 6) is 1.90. The molecular weight excluding hydrogens is 424 g/mol. The lowest BCUT2D eigenvalue weighted by Crippen LogP contribution is -2.35. The molecule has 168 valence electrons. The van der Waals surface area contributed by atoms with Crippen molar-refractivity contribution in [3.8, 4) is 33.2 Å². The third-order valence-corrected chi connectivity index (χ3v) is 6.70. The number of carbonyl (C=O) groups is 1. The molecule has 4 rings (SSSR count). The lowest BCUT2D eigenvalue weighted by molar-refractivity contribution is -0.123. The second-order valence-corrected chi connectivity index (χ2v) is 8.66. The number of benzene rings is 2. The summed E-state index contributed by atoms with van der Waals surface area (Å²) in [5.41, 5.74) is 4.25. The number of amides is 1. The minimum absolute atomic E-state index is 0.0138. The van der Waals surface area contributed by atoms with E-state index in [0.29, 0.717) is 18.2 Å². The van der Waals surface area contributed by atoms with E-state index in [4.69, 9.17) is 14.2 Å². The Hall–Kier alpha value is -2.90. The Morgan fingerprint density at radius 3 is 2.41 bits per heavy atom. The molecule has 1 saturated heterocycles. The van der Waals surface area contributed by atoms with Crippen molar-refractivity contribution in [2.45, 2.75) is 19.8 Å². The fourth-order valence-corrected chi connectivity index (χ4v) is 4.63. The van der Waals surface area contributed by atoms with Crippen LogP contribution in [0.5, 0.6) is 11.5 Å². The Bertz CT molecular complexity index is 1030. The molecule has 2 heterocycles. The number of aromatic nitrogens is 1. The van der Waals surface area contributed by atoms with Gasteiger partial charge in [0.1, 0.15) is 11.5 Å². The first-order chi connectivity index (χ1) is 15.6. The number of hydrogen-bond donors (Lipinski definition) is 1. The molecule has 0 atom stereocenters. The third kappa shape index (κ3) is 5.47. The van der Waals surface area contributed by atoms with Crippen molar-refractivity contribution >= 4 is 17.4 Å². The average Bonchev–Trinajstić information content (AvgIpc) is 3.23. The maximum Gasteiger partial charge on any atom is 0.257 e. The van der Waals surface area contributed by atoms with Crippen LogP contribution in [0.1, 0.15) is 18.4 Å². The molecule has 1 aromatic heterocycles.